The van der Waals surface area contributed by atoms with Gasteiger partial charge < -0.3 is 19.7 Å². The second kappa shape index (κ2) is 27.4. The summed E-state index contributed by atoms with van der Waals surface area (Å²) in [5.74, 6) is -2.67. The van der Waals surface area contributed by atoms with Gasteiger partial charge in [0.1, 0.15) is 23.3 Å². The summed E-state index contributed by atoms with van der Waals surface area (Å²) in [6.07, 6.45) is -2.65. The van der Waals surface area contributed by atoms with Crippen LogP contribution in [0.1, 0.15) is 89.5 Å². The molecular weight excluding hydrogens is 946 g/mol. The van der Waals surface area contributed by atoms with Gasteiger partial charge in [-0.2, -0.15) is 9.44 Å². The Balaban J connectivity index is 0.000000570. The number of hydrogen-bond donors (Lipinski definition) is 4. The molecule has 0 spiro atoms. The average Bonchev–Trinajstić information content (AvgIpc) is 3.21. The number of aryl methyl sites for hydroxylation is 2. The zero-order valence-corrected chi connectivity index (χ0v) is 42.4. The third-order valence-electron chi connectivity index (χ3n) is 8.91. The van der Waals surface area contributed by atoms with Crippen molar-refractivity contribution in [2.45, 2.75) is 126 Å². The lowest BCUT2D eigenvalue weighted by Crippen LogP contribution is -2.52. The number of alkyl halides is 4. The van der Waals surface area contributed by atoms with Crippen molar-refractivity contribution in [3.05, 3.63) is 131 Å². The molecule has 4 aromatic carbocycles. The van der Waals surface area contributed by atoms with E-state index in [4.69, 9.17) is 55.9 Å². The molecule has 4 N–H and O–H groups in total. The van der Waals surface area contributed by atoms with E-state index in [0.29, 0.717) is 0 Å². The number of hydrogen-bond acceptors (Lipinski definition) is 10. The second-order valence-electron chi connectivity index (χ2n) is 16.5. The summed E-state index contributed by atoms with van der Waals surface area (Å²) >= 11 is 19.1. The first-order valence-electron chi connectivity index (χ1n) is 20.0. The first-order valence-corrected chi connectivity index (χ1v) is 25.1. The van der Waals surface area contributed by atoms with Crippen molar-refractivity contribution in [2.24, 2.45) is 0 Å². The van der Waals surface area contributed by atoms with Gasteiger partial charge in [0.15, 0.2) is 0 Å². The quantitative estimate of drug-likeness (QED) is 0.0702. The van der Waals surface area contributed by atoms with E-state index in [1.54, 1.807) is 79.7 Å². The number of carbonyl (C=O) groups is 2. The van der Waals surface area contributed by atoms with Crippen LogP contribution in [0.3, 0.4) is 0 Å². The molecular formula is C46H62Cl4N2O10S2. The minimum Gasteiger partial charge on any atom is -0.459 e. The Kier molecular flexibility index (Phi) is 25.1. The average molecular weight is 1010 g/mol. The Morgan fingerprint density at radius 1 is 0.531 bits per heavy atom. The van der Waals surface area contributed by atoms with Gasteiger partial charge in [-0.25, -0.2) is 16.8 Å². The van der Waals surface area contributed by atoms with Crippen LogP contribution >= 0.6 is 46.4 Å². The Morgan fingerprint density at radius 2 is 0.781 bits per heavy atom. The fraction of sp³-hybridized carbons (Fsp3) is 0.435. The summed E-state index contributed by atoms with van der Waals surface area (Å²) < 4.78 is 66.9. The highest BCUT2D eigenvalue weighted by atomic mass is 35.5. The SMILES string of the molecule is Cc1ccc(S(=O)(=O)N[C@@H](C(=O)OC(C)(C)C)[C@@H](O)[C@H](C)c2ccccc2)cc1.Cc1ccc(S(=O)(=O)N[C@H](C(=O)OC(C)(C)C)[C@H](O)[C@@H](C)c2ccccc2)cc1.ClCCl.ClCCl. The summed E-state index contributed by atoms with van der Waals surface area (Å²) in [6, 6.07) is 27.8. The van der Waals surface area contributed by atoms with Crippen LogP contribution in [0.15, 0.2) is 119 Å². The smallest absolute Gasteiger partial charge is 0.327 e. The maximum atomic E-state index is 12.9. The minimum atomic E-state index is -4.05. The fourth-order valence-electron chi connectivity index (χ4n) is 5.64. The lowest BCUT2D eigenvalue weighted by Gasteiger charge is -2.30. The largest absolute Gasteiger partial charge is 0.459 e. The summed E-state index contributed by atoms with van der Waals surface area (Å²) in [7, 11) is -8.10. The number of benzene rings is 4. The molecule has 6 atom stereocenters. The molecule has 0 aliphatic carbocycles. The van der Waals surface area contributed by atoms with Gasteiger partial charge >= 0.3 is 11.9 Å². The Morgan fingerprint density at radius 3 is 1.02 bits per heavy atom. The van der Waals surface area contributed by atoms with Crippen molar-refractivity contribution >= 4 is 78.4 Å². The first kappa shape index (κ1) is 58.7. The maximum absolute atomic E-state index is 12.9. The maximum Gasteiger partial charge on any atom is 0.327 e. The van der Waals surface area contributed by atoms with E-state index < -0.39 is 79.3 Å². The van der Waals surface area contributed by atoms with Gasteiger partial charge in [-0.05, 0) is 90.8 Å². The molecule has 0 saturated heterocycles. The normalized spacial score (nSPS) is 14.5. The van der Waals surface area contributed by atoms with Crippen LogP contribution in [0.4, 0.5) is 0 Å². The zero-order valence-electron chi connectivity index (χ0n) is 37.8. The lowest BCUT2D eigenvalue weighted by atomic mass is 9.91. The monoisotopic (exact) mass is 1010 g/mol. The second-order valence-corrected chi connectivity index (χ2v) is 21.5. The van der Waals surface area contributed by atoms with E-state index in [0.717, 1.165) is 22.3 Å². The van der Waals surface area contributed by atoms with Crippen LogP contribution in [-0.4, -0.2) is 85.2 Å². The van der Waals surface area contributed by atoms with E-state index >= 15 is 0 Å². The first-order chi connectivity index (χ1) is 29.6. The molecule has 0 fully saturated rings. The summed E-state index contributed by atoms with van der Waals surface area (Å²) in [5, 5.41) is 22.2. The highest BCUT2D eigenvalue weighted by Crippen LogP contribution is 2.26. The molecule has 0 aliphatic rings. The van der Waals surface area contributed by atoms with Gasteiger partial charge in [-0.1, -0.05) is 110 Å². The third kappa shape index (κ3) is 20.9. The molecule has 12 nitrogen and oxygen atoms in total. The van der Waals surface area contributed by atoms with Crippen molar-refractivity contribution in [1.29, 1.82) is 0 Å². The van der Waals surface area contributed by atoms with E-state index in [1.807, 2.05) is 74.5 Å². The number of aliphatic hydroxyl groups excluding tert-OH is 2. The number of halogens is 4. The Bertz CT molecular complexity index is 2050. The van der Waals surface area contributed by atoms with Crippen molar-refractivity contribution in [1.82, 2.24) is 9.44 Å². The number of carbonyl (C=O) groups excluding carboxylic acids is 2. The van der Waals surface area contributed by atoms with Crippen molar-refractivity contribution in [3.63, 3.8) is 0 Å². The molecule has 0 heterocycles. The molecule has 0 aliphatic heterocycles. The molecule has 18 heteroatoms. The Labute approximate surface area is 400 Å². The summed E-state index contributed by atoms with van der Waals surface area (Å²) in [6.45, 7) is 17.3. The lowest BCUT2D eigenvalue weighted by molar-refractivity contribution is -0.161. The van der Waals surface area contributed by atoms with Crippen LogP contribution in [0.2, 0.25) is 0 Å². The molecule has 4 aromatic rings. The van der Waals surface area contributed by atoms with Crippen molar-refractivity contribution in [2.75, 3.05) is 10.7 Å². The minimum absolute atomic E-state index is 0.0104. The molecule has 64 heavy (non-hydrogen) atoms. The van der Waals surface area contributed by atoms with Gasteiger partial charge in [0.2, 0.25) is 20.0 Å². The van der Waals surface area contributed by atoms with E-state index in [2.05, 4.69) is 9.44 Å². The molecule has 0 bridgehead atoms. The standard InChI is InChI=1S/2C22H29NO5S.2CH2Cl2/c2*1-15-11-13-18(14-12-15)29(26,27)23-19(21(25)28-22(3,4)5)20(24)16(2)17-9-7-6-8-10-17;2*2-1-3/h2*6-14,16,19-20,23-24H,1-5H3;2*1H2/t2*16-,19-,20+;;/m10../s1. The number of esters is 2. The number of ether oxygens (including phenoxy) is 2. The van der Waals surface area contributed by atoms with Crippen LogP contribution in [0.5, 0.6) is 0 Å². The Hall–Kier alpha value is -3.28. The van der Waals surface area contributed by atoms with Crippen LogP contribution in [0, 0.1) is 13.8 Å². The molecule has 0 aromatic heterocycles. The molecule has 356 valence electrons. The number of aliphatic hydroxyl groups is 2. The van der Waals surface area contributed by atoms with Gasteiger partial charge in [0, 0.05) is 11.8 Å². The van der Waals surface area contributed by atoms with Crippen LogP contribution in [0.25, 0.3) is 0 Å². The van der Waals surface area contributed by atoms with E-state index in [-0.39, 0.29) is 20.5 Å². The topological polar surface area (TPSA) is 185 Å². The number of rotatable bonds is 14. The predicted octanol–water partition coefficient (Wildman–Crippen LogP) is 9.14. The van der Waals surface area contributed by atoms with Crippen molar-refractivity contribution in [3.8, 4) is 0 Å². The van der Waals surface area contributed by atoms with Crippen LogP contribution < -0.4 is 9.44 Å². The van der Waals surface area contributed by atoms with Crippen molar-refractivity contribution < 1.29 is 46.1 Å². The predicted molar refractivity (Wildman–Crippen MR) is 257 cm³/mol. The molecule has 0 amide bonds. The van der Waals surface area contributed by atoms with Gasteiger partial charge in [-0.3, -0.25) is 9.59 Å². The summed E-state index contributed by atoms with van der Waals surface area (Å²) in [5.41, 5.74) is 1.71. The molecule has 4 rings (SSSR count). The number of nitrogens with one attached hydrogen (secondary N) is 2. The van der Waals surface area contributed by atoms with E-state index in [1.165, 1.54) is 24.3 Å². The number of sulfonamides is 2. The fourth-order valence-corrected chi connectivity index (χ4v) is 8.04. The zero-order chi connectivity index (χ0) is 49.1. The molecule has 0 unspecified atom stereocenters. The third-order valence-corrected chi connectivity index (χ3v) is 11.8. The highest BCUT2D eigenvalue weighted by molar-refractivity contribution is 7.89. The molecule has 0 radical (unpaired) electrons. The van der Waals surface area contributed by atoms with Gasteiger partial charge in [-0.15, -0.1) is 46.4 Å². The van der Waals surface area contributed by atoms with Crippen LogP contribution in [-0.2, 0) is 39.1 Å². The highest BCUT2D eigenvalue weighted by Gasteiger charge is 2.39. The summed E-state index contributed by atoms with van der Waals surface area (Å²) in [4.78, 5) is 25.6. The molecule has 0 saturated carbocycles. The van der Waals surface area contributed by atoms with Gasteiger partial charge in [0.25, 0.3) is 0 Å². The van der Waals surface area contributed by atoms with E-state index in [9.17, 15) is 36.6 Å². The van der Waals surface area contributed by atoms with Gasteiger partial charge in [0.05, 0.1) is 32.7 Å².